The zero-order valence-electron chi connectivity index (χ0n) is 12.3. The van der Waals surface area contributed by atoms with Crippen LogP contribution < -0.4 is 10.1 Å². The van der Waals surface area contributed by atoms with Crippen LogP contribution in [0.15, 0.2) is 54.9 Å². The summed E-state index contributed by atoms with van der Waals surface area (Å²) in [5.41, 5.74) is 1.82. The molecule has 1 N–H and O–H groups in total. The van der Waals surface area contributed by atoms with Gasteiger partial charge in [-0.15, -0.1) is 0 Å². The van der Waals surface area contributed by atoms with Crippen molar-refractivity contribution in [3.05, 3.63) is 71.8 Å². The molecule has 1 amide bonds. The van der Waals surface area contributed by atoms with Gasteiger partial charge in [-0.2, -0.15) is 8.75 Å². The zero-order chi connectivity index (χ0) is 16.1. The van der Waals surface area contributed by atoms with Gasteiger partial charge in [0.1, 0.15) is 11.8 Å². The summed E-state index contributed by atoms with van der Waals surface area (Å²) < 4.78 is 13.2. The van der Waals surface area contributed by atoms with E-state index in [0.29, 0.717) is 11.4 Å². The first-order chi connectivity index (χ1) is 11.3. The number of hydrogen-bond acceptors (Lipinski definition) is 6. The number of rotatable bonds is 5. The molecule has 0 aliphatic rings. The van der Waals surface area contributed by atoms with Crippen LogP contribution in [-0.4, -0.2) is 26.7 Å². The van der Waals surface area contributed by atoms with Gasteiger partial charge in [0.25, 0.3) is 5.91 Å². The van der Waals surface area contributed by atoms with Crippen LogP contribution in [0, 0.1) is 0 Å². The molecule has 0 bridgehead atoms. The number of para-hydroxylation sites is 1. The van der Waals surface area contributed by atoms with Crippen molar-refractivity contribution in [3.8, 4) is 5.75 Å². The maximum absolute atomic E-state index is 12.4. The molecule has 0 saturated heterocycles. The largest absolute Gasteiger partial charge is 0.496 e. The van der Waals surface area contributed by atoms with Crippen molar-refractivity contribution in [2.45, 2.75) is 6.04 Å². The Morgan fingerprint density at radius 1 is 1.22 bits per heavy atom. The fourth-order valence-electron chi connectivity index (χ4n) is 2.23. The molecule has 0 fully saturated rings. The van der Waals surface area contributed by atoms with Crippen molar-refractivity contribution in [1.82, 2.24) is 19.0 Å². The van der Waals surface area contributed by atoms with E-state index in [1.54, 1.807) is 13.3 Å². The van der Waals surface area contributed by atoms with Gasteiger partial charge >= 0.3 is 0 Å². The summed E-state index contributed by atoms with van der Waals surface area (Å²) in [4.78, 5) is 16.7. The number of ether oxygens (including phenoxy) is 1. The Labute approximate surface area is 137 Å². The Kier molecular flexibility index (Phi) is 4.58. The van der Waals surface area contributed by atoms with Crippen molar-refractivity contribution >= 4 is 17.6 Å². The second-order valence-corrected chi connectivity index (χ2v) is 5.25. The van der Waals surface area contributed by atoms with Crippen LogP contribution in [0.1, 0.15) is 27.8 Å². The summed E-state index contributed by atoms with van der Waals surface area (Å²) in [6, 6.07) is 12.6. The molecule has 7 heteroatoms. The molecule has 2 aromatic heterocycles. The average Bonchev–Trinajstić information content (AvgIpc) is 3.15. The Morgan fingerprint density at radius 2 is 2.04 bits per heavy atom. The SMILES string of the molecule is COc1ccccc1[C@H](NC(=O)c1cnsn1)c1ccccn1. The van der Waals surface area contributed by atoms with Gasteiger partial charge in [0.15, 0.2) is 5.69 Å². The molecule has 1 aromatic carbocycles. The van der Waals surface area contributed by atoms with Crippen LogP contribution >= 0.6 is 11.7 Å². The van der Waals surface area contributed by atoms with Crippen molar-refractivity contribution in [2.75, 3.05) is 7.11 Å². The zero-order valence-corrected chi connectivity index (χ0v) is 13.2. The van der Waals surface area contributed by atoms with Gasteiger partial charge in [-0.1, -0.05) is 24.3 Å². The molecule has 3 aromatic rings. The molecule has 0 aliphatic carbocycles. The van der Waals surface area contributed by atoms with E-state index in [9.17, 15) is 4.79 Å². The molecular weight excluding hydrogens is 312 g/mol. The number of benzene rings is 1. The molecule has 1 atom stereocenters. The summed E-state index contributed by atoms with van der Waals surface area (Å²) in [6.45, 7) is 0. The molecule has 0 saturated carbocycles. The van der Waals surface area contributed by atoms with Gasteiger partial charge in [0, 0.05) is 11.8 Å². The van der Waals surface area contributed by atoms with Gasteiger partial charge in [0.2, 0.25) is 0 Å². The van der Waals surface area contributed by atoms with Crippen LogP contribution in [0.4, 0.5) is 0 Å². The molecule has 23 heavy (non-hydrogen) atoms. The molecule has 0 spiro atoms. The van der Waals surface area contributed by atoms with Crippen LogP contribution in [-0.2, 0) is 0 Å². The van der Waals surface area contributed by atoms with E-state index in [-0.39, 0.29) is 11.6 Å². The second-order valence-electron chi connectivity index (χ2n) is 4.70. The number of aromatic nitrogens is 3. The van der Waals surface area contributed by atoms with Crippen LogP contribution in [0.5, 0.6) is 5.75 Å². The number of carbonyl (C=O) groups excluding carboxylic acids is 1. The molecule has 0 unspecified atom stereocenters. The molecule has 0 aliphatic heterocycles. The molecule has 116 valence electrons. The number of nitrogens with zero attached hydrogens (tertiary/aromatic N) is 3. The second kappa shape index (κ2) is 6.97. The number of methoxy groups -OCH3 is 1. The highest BCUT2D eigenvalue weighted by atomic mass is 32.1. The standard InChI is InChI=1S/C16H14N4O2S/c1-22-14-8-3-2-6-11(14)15(12-7-4-5-9-17-12)19-16(21)13-10-18-23-20-13/h2-10,15H,1H3,(H,19,21)/t15-/m0/s1. The van der Waals surface area contributed by atoms with Crippen molar-refractivity contribution in [2.24, 2.45) is 0 Å². The van der Waals surface area contributed by atoms with Gasteiger partial charge in [-0.3, -0.25) is 9.78 Å². The predicted octanol–water partition coefficient (Wildman–Crippen LogP) is 2.46. The minimum atomic E-state index is -0.443. The maximum Gasteiger partial charge on any atom is 0.273 e. The highest BCUT2D eigenvalue weighted by molar-refractivity contribution is 6.99. The third-order valence-corrected chi connectivity index (χ3v) is 3.78. The predicted molar refractivity (Wildman–Crippen MR) is 86.4 cm³/mol. The first-order valence-corrected chi connectivity index (χ1v) is 7.65. The van der Waals surface area contributed by atoms with E-state index >= 15 is 0 Å². The summed E-state index contributed by atoms with van der Waals surface area (Å²) in [7, 11) is 1.60. The van der Waals surface area contributed by atoms with Gasteiger partial charge in [-0.05, 0) is 18.2 Å². The summed E-state index contributed by atoms with van der Waals surface area (Å²) in [5.74, 6) is 0.375. The van der Waals surface area contributed by atoms with Crippen molar-refractivity contribution in [3.63, 3.8) is 0 Å². The maximum atomic E-state index is 12.4. The van der Waals surface area contributed by atoms with E-state index in [1.165, 1.54) is 6.20 Å². The van der Waals surface area contributed by atoms with Crippen LogP contribution in [0.3, 0.4) is 0 Å². The monoisotopic (exact) mass is 326 g/mol. The van der Waals surface area contributed by atoms with E-state index in [2.05, 4.69) is 19.0 Å². The number of carbonyl (C=O) groups is 1. The Bertz CT molecular complexity index is 778. The number of nitrogens with one attached hydrogen (secondary N) is 1. The molecule has 6 nitrogen and oxygen atoms in total. The fraction of sp³-hybridized carbons (Fsp3) is 0.125. The third kappa shape index (κ3) is 3.35. The van der Waals surface area contributed by atoms with Crippen molar-refractivity contribution < 1.29 is 9.53 Å². The van der Waals surface area contributed by atoms with E-state index in [1.807, 2.05) is 42.5 Å². The Balaban J connectivity index is 1.99. The van der Waals surface area contributed by atoms with E-state index < -0.39 is 6.04 Å². The lowest BCUT2D eigenvalue weighted by Crippen LogP contribution is -2.30. The first kappa shape index (κ1) is 15.1. The smallest absolute Gasteiger partial charge is 0.273 e. The van der Waals surface area contributed by atoms with Crippen molar-refractivity contribution in [1.29, 1.82) is 0 Å². The minimum Gasteiger partial charge on any atom is -0.496 e. The topological polar surface area (TPSA) is 77.0 Å². The highest BCUT2D eigenvalue weighted by Gasteiger charge is 2.22. The summed E-state index contributed by atoms with van der Waals surface area (Å²) in [5, 5.41) is 2.95. The lowest BCUT2D eigenvalue weighted by Gasteiger charge is -2.20. The number of amides is 1. The quantitative estimate of drug-likeness (QED) is 0.779. The average molecular weight is 326 g/mol. The lowest BCUT2D eigenvalue weighted by atomic mass is 10.0. The number of hydrogen-bond donors (Lipinski definition) is 1. The van der Waals surface area contributed by atoms with Gasteiger partial charge < -0.3 is 10.1 Å². The van der Waals surface area contributed by atoms with Gasteiger partial charge in [-0.25, -0.2) is 0 Å². The summed E-state index contributed by atoms with van der Waals surface area (Å²) in [6.07, 6.45) is 3.13. The molecule has 0 radical (unpaired) electrons. The third-order valence-electron chi connectivity index (χ3n) is 3.30. The van der Waals surface area contributed by atoms with Crippen LogP contribution in [0.25, 0.3) is 0 Å². The normalized spacial score (nSPS) is 11.7. The molecule has 3 rings (SSSR count). The van der Waals surface area contributed by atoms with E-state index in [0.717, 1.165) is 17.3 Å². The Hall–Kier alpha value is -2.80. The number of pyridine rings is 1. The van der Waals surface area contributed by atoms with Gasteiger partial charge in [0.05, 0.1) is 30.7 Å². The summed E-state index contributed by atoms with van der Waals surface area (Å²) >= 11 is 0.993. The molecular formula is C16H14N4O2S. The minimum absolute atomic E-state index is 0.283. The molecule has 2 heterocycles. The highest BCUT2D eigenvalue weighted by Crippen LogP contribution is 2.29. The van der Waals surface area contributed by atoms with E-state index in [4.69, 9.17) is 4.74 Å². The van der Waals surface area contributed by atoms with Crippen LogP contribution in [0.2, 0.25) is 0 Å². The fourth-order valence-corrected chi connectivity index (χ4v) is 2.64. The lowest BCUT2D eigenvalue weighted by molar-refractivity contribution is 0.0938. The Morgan fingerprint density at radius 3 is 2.74 bits per heavy atom. The first-order valence-electron chi connectivity index (χ1n) is 6.92.